The van der Waals surface area contributed by atoms with Crippen molar-refractivity contribution in [2.45, 2.75) is 53.6 Å². The van der Waals surface area contributed by atoms with Crippen LogP contribution in [-0.2, 0) is 13.1 Å². The van der Waals surface area contributed by atoms with Gasteiger partial charge in [-0.15, -0.1) is 0 Å². The molecule has 0 aliphatic carbocycles. The second-order valence-electron chi connectivity index (χ2n) is 6.51. The summed E-state index contributed by atoms with van der Waals surface area (Å²) in [6.07, 6.45) is 2.50. The van der Waals surface area contributed by atoms with Crippen LogP contribution in [0.1, 0.15) is 46.2 Å². The number of fused-ring (bicyclic) bond motifs is 1. The number of aromatic nitrogens is 1. The van der Waals surface area contributed by atoms with Crippen molar-refractivity contribution in [1.29, 1.82) is 0 Å². The van der Waals surface area contributed by atoms with E-state index < -0.39 is 0 Å². The Hall–Kier alpha value is -1.28. The van der Waals surface area contributed by atoms with Gasteiger partial charge in [0.1, 0.15) is 0 Å². The highest BCUT2D eigenvalue weighted by Gasteiger charge is 2.12. The maximum absolute atomic E-state index is 3.59. The second kappa shape index (κ2) is 7.65. The van der Waals surface area contributed by atoms with Gasteiger partial charge in [0.2, 0.25) is 0 Å². The molecule has 0 bridgehead atoms. The predicted octanol–water partition coefficient (Wildman–Crippen LogP) is 4.82. The van der Waals surface area contributed by atoms with Gasteiger partial charge < -0.3 is 9.88 Å². The normalized spacial score (nSPS) is 11.9. The van der Waals surface area contributed by atoms with E-state index in [0.29, 0.717) is 5.92 Å². The van der Waals surface area contributed by atoms with Crippen LogP contribution >= 0.6 is 0 Å². The third-order valence-electron chi connectivity index (χ3n) is 4.35. The number of benzene rings is 1. The maximum atomic E-state index is 3.59. The number of para-hydroxylation sites is 1. The molecular weight excluding hydrogens is 256 g/mol. The first-order valence-corrected chi connectivity index (χ1v) is 8.43. The lowest BCUT2D eigenvalue weighted by Gasteiger charge is -2.18. The van der Waals surface area contributed by atoms with Gasteiger partial charge in [-0.25, -0.2) is 0 Å². The lowest BCUT2D eigenvalue weighted by Crippen LogP contribution is -2.22. The molecule has 2 nitrogen and oxygen atoms in total. The highest BCUT2D eigenvalue weighted by atomic mass is 15.0. The Kier molecular flexibility index (Phi) is 5.86. The molecule has 0 saturated heterocycles. The van der Waals surface area contributed by atoms with Gasteiger partial charge in [0.05, 0.1) is 0 Å². The summed E-state index contributed by atoms with van der Waals surface area (Å²) in [5, 5.41) is 4.96. The first-order valence-electron chi connectivity index (χ1n) is 8.43. The summed E-state index contributed by atoms with van der Waals surface area (Å²) in [5.74, 6) is 1.46. The summed E-state index contributed by atoms with van der Waals surface area (Å²) in [7, 11) is 0. The zero-order chi connectivity index (χ0) is 15.2. The van der Waals surface area contributed by atoms with Gasteiger partial charge in [-0.05, 0) is 35.9 Å². The van der Waals surface area contributed by atoms with Crippen LogP contribution in [0.4, 0.5) is 0 Å². The fourth-order valence-electron chi connectivity index (χ4n) is 2.92. The minimum absolute atomic E-state index is 0.696. The van der Waals surface area contributed by atoms with E-state index in [2.05, 4.69) is 67.9 Å². The first-order chi connectivity index (χ1) is 10.2. The van der Waals surface area contributed by atoms with Crippen LogP contribution in [0.25, 0.3) is 10.9 Å². The zero-order valence-electron chi connectivity index (χ0n) is 14.0. The molecule has 1 N–H and O–H groups in total. The molecule has 0 saturated carbocycles. The molecule has 1 aromatic carbocycles. The molecule has 21 heavy (non-hydrogen) atoms. The molecule has 2 heteroatoms. The number of rotatable bonds is 8. The molecule has 0 unspecified atom stereocenters. The molecule has 0 atom stereocenters. The average Bonchev–Trinajstić information content (AvgIpc) is 2.82. The van der Waals surface area contributed by atoms with Crippen molar-refractivity contribution in [1.82, 2.24) is 9.88 Å². The van der Waals surface area contributed by atoms with Crippen LogP contribution in [0, 0.1) is 11.8 Å². The maximum Gasteiger partial charge on any atom is 0.0483 e. The van der Waals surface area contributed by atoms with Gasteiger partial charge in [-0.3, -0.25) is 0 Å². The molecular formula is C19H30N2. The number of hydrogen-bond acceptors (Lipinski definition) is 1. The molecule has 0 aliphatic heterocycles. The van der Waals surface area contributed by atoms with Crippen LogP contribution < -0.4 is 5.32 Å². The summed E-state index contributed by atoms with van der Waals surface area (Å²) in [6, 6.07) is 11.1. The molecule has 2 rings (SSSR count). The molecule has 1 heterocycles. The van der Waals surface area contributed by atoms with Crippen LogP contribution in [0.2, 0.25) is 0 Å². The average molecular weight is 286 g/mol. The SMILES string of the molecule is CCC(CC)Cn1c(CNCC(C)C)cc2ccccc21. The van der Waals surface area contributed by atoms with E-state index in [1.165, 1.54) is 29.4 Å². The highest BCUT2D eigenvalue weighted by Crippen LogP contribution is 2.23. The van der Waals surface area contributed by atoms with Gasteiger partial charge >= 0.3 is 0 Å². The molecule has 0 aliphatic rings. The fourth-order valence-corrected chi connectivity index (χ4v) is 2.92. The molecule has 0 radical (unpaired) electrons. The first kappa shape index (κ1) is 16.1. The van der Waals surface area contributed by atoms with E-state index in [1.807, 2.05) is 0 Å². The lowest BCUT2D eigenvalue weighted by molar-refractivity contribution is 0.415. The quantitative estimate of drug-likeness (QED) is 0.736. The number of nitrogens with zero attached hydrogens (tertiary/aromatic N) is 1. The van der Waals surface area contributed by atoms with E-state index in [0.717, 1.165) is 25.6 Å². The molecule has 2 aromatic rings. The van der Waals surface area contributed by atoms with E-state index in [9.17, 15) is 0 Å². The Bertz CT molecular complexity index is 550. The second-order valence-corrected chi connectivity index (χ2v) is 6.51. The van der Waals surface area contributed by atoms with E-state index in [4.69, 9.17) is 0 Å². The summed E-state index contributed by atoms with van der Waals surface area (Å²) >= 11 is 0. The van der Waals surface area contributed by atoms with Gasteiger partial charge in [-0.1, -0.05) is 58.7 Å². The van der Waals surface area contributed by atoms with E-state index in [1.54, 1.807) is 0 Å². The fraction of sp³-hybridized carbons (Fsp3) is 0.579. The Labute approximate surface area is 129 Å². The Morgan fingerprint density at radius 3 is 2.48 bits per heavy atom. The highest BCUT2D eigenvalue weighted by molar-refractivity contribution is 5.81. The van der Waals surface area contributed by atoms with Crippen molar-refractivity contribution in [3.63, 3.8) is 0 Å². The lowest BCUT2D eigenvalue weighted by atomic mass is 10.0. The predicted molar refractivity (Wildman–Crippen MR) is 92.6 cm³/mol. The zero-order valence-corrected chi connectivity index (χ0v) is 14.0. The third-order valence-corrected chi connectivity index (χ3v) is 4.35. The van der Waals surface area contributed by atoms with Crippen LogP contribution in [0.3, 0.4) is 0 Å². The van der Waals surface area contributed by atoms with Gasteiger partial charge in [-0.2, -0.15) is 0 Å². The molecule has 116 valence electrons. The molecule has 0 spiro atoms. The van der Waals surface area contributed by atoms with Crippen molar-refractivity contribution in [3.05, 3.63) is 36.0 Å². The summed E-state index contributed by atoms with van der Waals surface area (Å²) in [4.78, 5) is 0. The number of nitrogens with one attached hydrogen (secondary N) is 1. The van der Waals surface area contributed by atoms with Crippen LogP contribution in [-0.4, -0.2) is 11.1 Å². The van der Waals surface area contributed by atoms with Crippen molar-refractivity contribution in [2.75, 3.05) is 6.54 Å². The van der Waals surface area contributed by atoms with Crippen molar-refractivity contribution < 1.29 is 0 Å². The van der Waals surface area contributed by atoms with Gasteiger partial charge in [0, 0.05) is 24.3 Å². The molecule has 0 amide bonds. The van der Waals surface area contributed by atoms with Gasteiger partial charge in [0.25, 0.3) is 0 Å². The minimum Gasteiger partial charge on any atom is -0.343 e. The monoisotopic (exact) mass is 286 g/mol. The van der Waals surface area contributed by atoms with E-state index >= 15 is 0 Å². The Balaban J connectivity index is 2.25. The van der Waals surface area contributed by atoms with Crippen molar-refractivity contribution >= 4 is 10.9 Å². The smallest absolute Gasteiger partial charge is 0.0483 e. The van der Waals surface area contributed by atoms with Crippen LogP contribution in [0.5, 0.6) is 0 Å². The molecule has 1 aromatic heterocycles. The standard InChI is InChI=1S/C19H30N2/c1-5-16(6-2)14-21-18(13-20-12-15(3)4)11-17-9-7-8-10-19(17)21/h7-11,15-16,20H,5-6,12-14H2,1-4H3. The topological polar surface area (TPSA) is 17.0 Å². The Morgan fingerprint density at radius 1 is 1.10 bits per heavy atom. The minimum atomic E-state index is 0.696. The van der Waals surface area contributed by atoms with Gasteiger partial charge in [0.15, 0.2) is 0 Å². The van der Waals surface area contributed by atoms with E-state index in [-0.39, 0.29) is 0 Å². The third kappa shape index (κ3) is 4.10. The molecule has 0 fully saturated rings. The summed E-state index contributed by atoms with van der Waals surface area (Å²) < 4.78 is 2.53. The Morgan fingerprint density at radius 2 is 1.81 bits per heavy atom. The number of hydrogen-bond donors (Lipinski definition) is 1. The van der Waals surface area contributed by atoms with Crippen molar-refractivity contribution in [3.8, 4) is 0 Å². The summed E-state index contributed by atoms with van der Waals surface area (Å²) in [6.45, 7) is 12.3. The summed E-state index contributed by atoms with van der Waals surface area (Å²) in [5.41, 5.74) is 2.80. The van der Waals surface area contributed by atoms with Crippen molar-refractivity contribution in [2.24, 2.45) is 11.8 Å². The largest absolute Gasteiger partial charge is 0.343 e. The van der Waals surface area contributed by atoms with Crippen LogP contribution in [0.15, 0.2) is 30.3 Å².